The first-order valence-corrected chi connectivity index (χ1v) is 9.66. The van der Waals surface area contributed by atoms with Gasteiger partial charge in [0.25, 0.3) is 0 Å². The van der Waals surface area contributed by atoms with Gasteiger partial charge in [-0.3, -0.25) is 0 Å². The van der Waals surface area contributed by atoms with Crippen LogP contribution in [0.15, 0.2) is 30.3 Å². The molecule has 3 rings (SSSR count). The molecule has 2 fully saturated rings. The second kappa shape index (κ2) is 7.77. The number of rotatable bonds is 6. The zero-order chi connectivity index (χ0) is 17.9. The Morgan fingerprint density at radius 1 is 1.20 bits per heavy atom. The molecule has 0 unspecified atom stereocenters. The highest BCUT2D eigenvalue weighted by atomic mass is 16.6. The van der Waals surface area contributed by atoms with Gasteiger partial charge in [0.15, 0.2) is 0 Å². The van der Waals surface area contributed by atoms with E-state index in [0.717, 1.165) is 45.4 Å². The van der Waals surface area contributed by atoms with Crippen LogP contribution in [0.4, 0.5) is 4.79 Å². The Hall–Kier alpha value is -1.55. The minimum absolute atomic E-state index is 0.127. The number of ether oxygens (including phenoxy) is 1. The van der Waals surface area contributed by atoms with Crippen molar-refractivity contribution >= 4 is 6.09 Å². The summed E-state index contributed by atoms with van der Waals surface area (Å²) in [7, 11) is 0. The molecular weight excluding hydrogens is 312 g/mol. The zero-order valence-corrected chi connectivity index (χ0v) is 15.9. The lowest BCUT2D eigenvalue weighted by atomic mass is 10.1. The molecule has 1 heterocycles. The van der Waals surface area contributed by atoms with Gasteiger partial charge in [-0.2, -0.15) is 0 Å². The SMILES string of the molecule is CC(C)(C)OC(=O)N(C[C@@H]1CCN(CCc2ccccc2)C1)C1CC1. The molecule has 25 heavy (non-hydrogen) atoms. The third kappa shape index (κ3) is 5.74. The van der Waals surface area contributed by atoms with Gasteiger partial charge in [-0.05, 0) is 64.5 Å². The van der Waals surface area contributed by atoms with Crippen LogP contribution in [0.1, 0.15) is 45.6 Å². The maximum atomic E-state index is 12.5. The molecule has 138 valence electrons. The molecule has 0 bridgehead atoms. The minimum Gasteiger partial charge on any atom is -0.444 e. The number of likely N-dealkylation sites (tertiary alicyclic amines) is 1. The summed E-state index contributed by atoms with van der Waals surface area (Å²) in [6, 6.07) is 11.1. The summed E-state index contributed by atoms with van der Waals surface area (Å²) in [4.78, 5) is 17.0. The fourth-order valence-electron chi connectivity index (χ4n) is 3.55. The third-order valence-electron chi connectivity index (χ3n) is 5.00. The largest absolute Gasteiger partial charge is 0.444 e. The molecule has 1 aromatic carbocycles. The maximum Gasteiger partial charge on any atom is 0.410 e. The standard InChI is InChI=1S/C21H32N2O2/c1-21(2,3)25-20(24)23(19-9-10-19)16-18-12-14-22(15-18)13-11-17-7-5-4-6-8-17/h4-8,18-19H,9-16H2,1-3H3/t18-/m1/s1. The van der Waals surface area contributed by atoms with Crippen molar-refractivity contribution < 1.29 is 9.53 Å². The molecule has 1 saturated carbocycles. The van der Waals surface area contributed by atoms with E-state index in [0.29, 0.717) is 12.0 Å². The van der Waals surface area contributed by atoms with Gasteiger partial charge in [-0.25, -0.2) is 4.79 Å². The van der Waals surface area contributed by atoms with E-state index in [1.165, 1.54) is 12.0 Å². The quantitative estimate of drug-likeness (QED) is 0.783. The van der Waals surface area contributed by atoms with Crippen molar-refractivity contribution in [3.05, 3.63) is 35.9 Å². The molecule has 1 atom stereocenters. The number of carbonyl (C=O) groups is 1. The Balaban J connectivity index is 1.46. The van der Waals surface area contributed by atoms with Crippen LogP contribution in [-0.4, -0.2) is 53.7 Å². The van der Waals surface area contributed by atoms with Crippen molar-refractivity contribution in [1.82, 2.24) is 9.80 Å². The topological polar surface area (TPSA) is 32.8 Å². The summed E-state index contributed by atoms with van der Waals surface area (Å²) in [5, 5.41) is 0. The third-order valence-corrected chi connectivity index (χ3v) is 5.00. The normalized spacial score (nSPS) is 21.3. The fraction of sp³-hybridized carbons (Fsp3) is 0.667. The molecule has 0 aromatic heterocycles. The number of amides is 1. The van der Waals surface area contributed by atoms with E-state index in [2.05, 4.69) is 35.2 Å². The summed E-state index contributed by atoms with van der Waals surface area (Å²) < 4.78 is 5.62. The van der Waals surface area contributed by atoms with E-state index in [4.69, 9.17) is 4.74 Å². The van der Waals surface area contributed by atoms with Gasteiger partial charge in [-0.15, -0.1) is 0 Å². The van der Waals surface area contributed by atoms with Crippen LogP contribution >= 0.6 is 0 Å². The van der Waals surface area contributed by atoms with E-state index in [1.807, 2.05) is 25.7 Å². The van der Waals surface area contributed by atoms with Crippen molar-refractivity contribution in [3.8, 4) is 0 Å². The minimum atomic E-state index is -0.415. The Kier molecular flexibility index (Phi) is 5.67. The van der Waals surface area contributed by atoms with Crippen molar-refractivity contribution in [2.45, 2.75) is 58.1 Å². The summed E-state index contributed by atoms with van der Waals surface area (Å²) in [6.07, 6.45) is 4.41. The number of hydrogen-bond donors (Lipinski definition) is 0. The van der Waals surface area contributed by atoms with Gasteiger partial charge in [-0.1, -0.05) is 30.3 Å². The first-order chi connectivity index (χ1) is 11.9. The molecule has 1 amide bonds. The molecule has 0 N–H and O–H groups in total. The van der Waals surface area contributed by atoms with Crippen molar-refractivity contribution in [3.63, 3.8) is 0 Å². The Bertz CT molecular complexity index is 563. The molecule has 0 radical (unpaired) electrons. The van der Waals surface area contributed by atoms with Gasteiger partial charge < -0.3 is 14.5 Å². The summed E-state index contributed by atoms with van der Waals surface area (Å²) in [6.45, 7) is 10.0. The van der Waals surface area contributed by atoms with Crippen molar-refractivity contribution in [2.75, 3.05) is 26.2 Å². The van der Waals surface area contributed by atoms with Gasteiger partial charge in [0.1, 0.15) is 5.60 Å². The molecule has 4 nitrogen and oxygen atoms in total. The molecule has 1 aliphatic heterocycles. The second-order valence-electron chi connectivity index (χ2n) is 8.55. The average Bonchev–Trinajstić information content (AvgIpc) is 3.29. The van der Waals surface area contributed by atoms with Crippen LogP contribution in [0.2, 0.25) is 0 Å². The molecule has 1 aromatic rings. The van der Waals surface area contributed by atoms with Gasteiger partial charge in [0.2, 0.25) is 0 Å². The first kappa shape index (κ1) is 18.2. The lowest BCUT2D eigenvalue weighted by molar-refractivity contribution is 0.0205. The van der Waals surface area contributed by atoms with Crippen molar-refractivity contribution in [2.24, 2.45) is 5.92 Å². The Morgan fingerprint density at radius 3 is 2.56 bits per heavy atom. The molecule has 1 aliphatic carbocycles. The van der Waals surface area contributed by atoms with E-state index < -0.39 is 5.60 Å². The van der Waals surface area contributed by atoms with E-state index in [9.17, 15) is 4.79 Å². The number of carbonyl (C=O) groups excluding carboxylic acids is 1. The molecular formula is C21H32N2O2. The molecule has 0 spiro atoms. The Labute approximate surface area is 152 Å². The highest BCUT2D eigenvalue weighted by Gasteiger charge is 2.37. The first-order valence-electron chi connectivity index (χ1n) is 9.66. The monoisotopic (exact) mass is 344 g/mol. The van der Waals surface area contributed by atoms with Crippen LogP contribution in [0.5, 0.6) is 0 Å². The van der Waals surface area contributed by atoms with Gasteiger partial charge >= 0.3 is 6.09 Å². The molecule has 2 aliphatic rings. The van der Waals surface area contributed by atoms with Gasteiger partial charge in [0.05, 0.1) is 0 Å². The lowest BCUT2D eigenvalue weighted by Gasteiger charge is -2.29. The van der Waals surface area contributed by atoms with Crippen LogP contribution in [-0.2, 0) is 11.2 Å². The summed E-state index contributed by atoms with van der Waals surface area (Å²) >= 11 is 0. The average molecular weight is 344 g/mol. The highest BCUT2D eigenvalue weighted by molar-refractivity contribution is 5.69. The maximum absolute atomic E-state index is 12.5. The number of hydrogen-bond acceptors (Lipinski definition) is 3. The van der Waals surface area contributed by atoms with Crippen LogP contribution < -0.4 is 0 Å². The zero-order valence-electron chi connectivity index (χ0n) is 15.9. The van der Waals surface area contributed by atoms with E-state index in [-0.39, 0.29) is 6.09 Å². The smallest absolute Gasteiger partial charge is 0.410 e. The fourth-order valence-corrected chi connectivity index (χ4v) is 3.55. The summed E-state index contributed by atoms with van der Waals surface area (Å²) in [5.41, 5.74) is 0.987. The summed E-state index contributed by atoms with van der Waals surface area (Å²) in [5.74, 6) is 0.573. The van der Waals surface area contributed by atoms with Gasteiger partial charge in [0, 0.05) is 25.7 Å². The molecule has 1 saturated heterocycles. The van der Waals surface area contributed by atoms with Crippen LogP contribution in [0.25, 0.3) is 0 Å². The number of benzene rings is 1. The number of nitrogens with zero attached hydrogens (tertiary/aromatic N) is 2. The van der Waals surface area contributed by atoms with Crippen molar-refractivity contribution in [1.29, 1.82) is 0 Å². The predicted molar refractivity (Wildman–Crippen MR) is 101 cm³/mol. The predicted octanol–water partition coefficient (Wildman–Crippen LogP) is 3.95. The Morgan fingerprint density at radius 2 is 1.92 bits per heavy atom. The van der Waals surface area contributed by atoms with E-state index >= 15 is 0 Å². The van der Waals surface area contributed by atoms with Crippen LogP contribution in [0, 0.1) is 5.92 Å². The highest BCUT2D eigenvalue weighted by Crippen LogP contribution is 2.30. The molecule has 4 heteroatoms. The second-order valence-corrected chi connectivity index (χ2v) is 8.55. The lowest BCUT2D eigenvalue weighted by Crippen LogP contribution is -2.41. The van der Waals surface area contributed by atoms with Crippen LogP contribution in [0.3, 0.4) is 0 Å². The van der Waals surface area contributed by atoms with E-state index in [1.54, 1.807) is 0 Å².